The molecule has 0 heterocycles. The van der Waals surface area contributed by atoms with Gasteiger partial charge in [0.1, 0.15) is 0 Å². The zero-order valence-corrected chi connectivity index (χ0v) is 28.5. The van der Waals surface area contributed by atoms with E-state index >= 15 is 0 Å². The van der Waals surface area contributed by atoms with Gasteiger partial charge in [-0.3, -0.25) is 0 Å². The fourth-order valence-corrected chi connectivity index (χ4v) is 7.89. The smallest absolute Gasteiger partial charge is 0.0500 e. The van der Waals surface area contributed by atoms with Gasteiger partial charge in [-0.05, 0) is 95.1 Å². The quantitative estimate of drug-likeness (QED) is 0.213. The Labute approximate surface area is 258 Å². The Morgan fingerprint density at radius 1 is 0.810 bits per heavy atom. The average molecular weight is 573 g/mol. The predicted octanol–water partition coefficient (Wildman–Crippen LogP) is 10.4. The van der Waals surface area contributed by atoms with Crippen molar-refractivity contribution in [1.82, 2.24) is 0 Å². The zero-order chi connectivity index (χ0) is 31.3. The molecule has 0 radical (unpaired) electrons. The summed E-state index contributed by atoms with van der Waals surface area (Å²) in [6, 6.07) is 0. The monoisotopic (exact) mass is 572 g/mol. The van der Waals surface area contributed by atoms with Gasteiger partial charge in [0.15, 0.2) is 0 Å². The lowest BCUT2D eigenvalue weighted by Crippen LogP contribution is -2.44. The lowest BCUT2D eigenvalue weighted by Gasteiger charge is -2.47. The van der Waals surface area contributed by atoms with Crippen LogP contribution >= 0.6 is 0 Å². The van der Waals surface area contributed by atoms with Crippen molar-refractivity contribution in [2.45, 2.75) is 108 Å². The molecule has 42 heavy (non-hydrogen) atoms. The summed E-state index contributed by atoms with van der Waals surface area (Å²) >= 11 is 0. The van der Waals surface area contributed by atoms with Crippen molar-refractivity contribution in [3.63, 3.8) is 0 Å². The molecule has 0 saturated carbocycles. The van der Waals surface area contributed by atoms with Gasteiger partial charge >= 0.3 is 0 Å². The van der Waals surface area contributed by atoms with Gasteiger partial charge in [-0.2, -0.15) is 0 Å². The zero-order valence-electron chi connectivity index (χ0n) is 28.5. The number of hydrogen-bond donors (Lipinski definition) is 2. The molecule has 0 aromatic rings. The second-order valence-corrected chi connectivity index (χ2v) is 15.1. The molecule has 0 aliphatic heterocycles. The molecule has 0 fully saturated rings. The van der Waals surface area contributed by atoms with Crippen LogP contribution in [0.4, 0.5) is 0 Å². The largest absolute Gasteiger partial charge is 0.396 e. The Morgan fingerprint density at radius 3 is 1.81 bits per heavy atom. The fraction of sp³-hybridized carbons (Fsp3) is 0.600. The lowest BCUT2D eigenvalue weighted by atomic mass is 9.58. The Morgan fingerprint density at radius 2 is 1.33 bits per heavy atom. The van der Waals surface area contributed by atoms with Crippen molar-refractivity contribution in [1.29, 1.82) is 0 Å². The first-order valence-electron chi connectivity index (χ1n) is 16.4. The van der Waals surface area contributed by atoms with E-state index in [1.807, 2.05) is 0 Å². The maximum atomic E-state index is 10.6. The van der Waals surface area contributed by atoms with Crippen LogP contribution in [0.2, 0.25) is 0 Å². The lowest BCUT2D eigenvalue weighted by molar-refractivity contribution is 0.0443. The summed E-state index contributed by atoms with van der Waals surface area (Å²) in [5.74, 6) is 0.00592. The van der Waals surface area contributed by atoms with Gasteiger partial charge < -0.3 is 10.2 Å². The minimum Gasteiger partial charge on any atom is -0.396 e. The fourth-order valence-electron chi connectivity index (χ4n) is 7.89. The van der Waals surface area contributed by atoms with E-state index in [1.165, 1.54) is 77.5 Å². The molecule has 2 N–H and O–H groups in total. The molecule has 3 aliphatic rings. The van der Waals surface area contributed by atoms with E-state index in [0.717, 1.165) is 0 Å². The van der Waals surface area contributed by atoms with Crippen molar-refractivity contribution in [3.05, 3.63) is 93.7 Å². The van der Waals surface area contributed by atoms with Crippen LogP contribution in [0.5, 0.6) is 0 Å². The highest BCUT2D eigenvalue weighted by atomic mass is 16.3. The molecule has 0 aromatic heterocycles. The number of hydrogen-bond acceptors (Lipinski definition) is 2. The molecule has 2 heteroatoms. The molecule has 232 valence electrons. The third-order valence-electron chi connectivity index (χ3n) is 10.8. The molecule has 0 bridgehead atoms. The Kier molecular flexibility index (Phi) is 11.5. The van der Waals surface area contributed by atoms with Gasteiger partial charge in [-0.25, -0.2) is 0 Å². The molecule has 0 saturated heterocycles. The summed E-state index contributed by atoms with van der Waals surface area (Å²) in [7, 11) is 0. The number of aliphatic hydroxyl groups is 2. The first-order chi connectivity index (χ1) is 19.7. The highest BCUT2D eigenvalue weighted by Crippen LogP contribution is 2.49. The van der Waals surface area contributed by atoms with Gasteiger partial charge in [0.05, 0.1) is 0 Å². The predicted molar refractivity (Wildman–Crippen MR) is 182 cm³/mol. The molecule has 0 spiro atoms. The Balaban J connectivity index is 1.93. The van der Waals surface area contributed by atoms with Crippen molar-refractivity contribution < 1.29 is 10.2 Å². The van der Waals surface area contributed by atoms with E-state index in [-0.39, 0.29) is 47.2 Å². The second kappa shape index (κ2) is 14.1. The maximum absolute atomic E-state index is 10.6. The molecule has 2 nitrogen and oxygen atoms in total. The second-order valence-electron chi connectivity index (χ2n) is 15.1. The molecule has 4 unspecified atom stereocenters. The van der Waals surface area contributed by atoms with Crippen LogP contribution in [0.25, 0.3) is 0 Å². The van der Waals surface area contributed by atoms with Crippen LogP contribution in [0.3, 0.4) is 0 Å². The van der Waals surface area contributed by atoms with Crippen molar-refractivity contribution in [3.8, 4) is 0 Å². The van der Waals surface area contributed by atoms with E-state index < -0.39 is 0 Å². The summed E-state index contributed by atoms with van der Waals surface area (Å²) in [5, 5.41) is 20.9. The first-order valence-corrected chi connectivity index (χ1v) is 16.4. The van der Waals surface area contributed by atoms with Gasteiger partial charge in [-0.1, -0.05) is 117 Å². The third kappa shape index (κ3) is 7.86. The number of aliphatic hydroxyl groups excluding tert-OH is 2. The summed E-state index contributed by atoms with van der Waals surface area (Å²) in [6.45, 7) is 22.8. The highest BCUT2D eigenvalue weighted by Gasteiger charge is 2.45. The third-order valence-corrected chi connectivity index (χ3v) is 10.8. The average Bonchev–Trinajstić information content (AvgIpc) is 2.89. The standard InChI is InChI=1S/C40H60O2/c1-28(17-19-35-30(3)15-12-21-38(35,6)7)14-11-23-40(10)33(25-32(5)34(26-41)37(40)27-42)24-29(2)18-20-36-31(4)16-13-22-39(36,8)9/h11,14,17-20,23-25,33-34,37,41-42H,12-13,15-16,21-22,26-27H2,1-10H3/b19-17+,20-18+,23-11+,28-14+,29-24+. The van der Waals surface area contributed by atoms with Gasteiger partial charge in [0.2, 0.25) is 0 Å². The van der Waals surface area contributed by atoms with Crippen LogP contribution < -0.4 is 0 Å². The van der Waals surface area contributed by atoms with Crippen LogP contribution in [0, 0.1) is 34.0 Å². The van der Waals surface area contributed by atoms with Crippen LogP contribution in [0.15, 0.2) is 93.7 Å². The van der Waals surface area contributed by atoms with E-state index in [9.17, 15) is 10.2 Å². The van der Waals surface area contributed by atoms with Crippen LogP contribution in [-0.2, 0) is 0 Å². The van der Waals surface area contributed by atoms with Crippen molar-refractivity contribution in [2.75, 3.05) is 13.2 Å². The topological polar surface area (TPSA) is 40.5 Å². The normalized spacial score (nSPS) is 31.1. The number of allylic oxidation sites excluding steroid dienone is 15. The van der Waals surface area contributed by atoms with Crippen molar-refractivity contribution in [2.24, 2.45) is 34.0 Å². The maximum Gasteiger partial charge on any atom is 0.0500 e. The van der Waals surface area contributed by atoms with Gasteiger partial charge in [0, 0.05) is 36.4 Å². The molecule has 3 rings (SSSR count). The first kappa shape index (κ1) is 34.3. The molecule has 4 atom stereocenters. The van der Waals surface area contributed by atoms with Crippen LogP contribution in [0.1, 0.15) is 108 Å². The van der Waals surface area contributed by atoms with E-state index in [1.54, 1.807) is 0 Å². The SMILES string of the molecule is CC1=CC(/C=C(C)/C=C/C2=C(C)CCCC2(C)C)C(C)(/C=C/C=C(C)/C=C/C2=C(C)CCCC2(C)C)C(CO)C1CO. The molecule has 0 aromatic carbocycles. The van der Waals surface area contributed by atoms with Gasteiger partial charge in [-0.15, -0.1) is 0 Å². The van der Waals surface area contributed by atoms with Crippen LogP contribution in [-0.4, -0.2) is 23.4 Å². The van der Waals surface area contributed by atoms with Gasteiger partial charge in [0.25, 0.3) is 0 Å². The van der Waals surface area contributed by atoms with E-state index in [2.05, 4.69) is 124 Å². The summed E-state index contributed by atoms with van der Waals surface area (Å²) in [4.78, 5) is 0. The molecular formula is C40H60O2. The summed E-state index contributed by atoms with van der Waals surface area (Å²) in [5.41, 5.74) is 9.71. The minimum absolute atomic E-state index is 0.0435. The van der Waals surface area contributed by atoms with E-state index in [4.69, 9.17) is 0 Å². The number of rotatable bonds is 9. The summed E-state index contributed by atoms with van der Waals surface area (Å²) in [6.07, 6.45) is 27.9. The summed E-state index contributed by atoms with van der Waals surface area (Å²) < 4.78 is 0. The highest BCUT2D eigenvalue weighted by molar-refractivity contribution is 5.39. The Hall–Kier alpha value is -2.16. The minimum atomic E-state index is -0.332. The molecular weight excluding hydrogens is 512 g/mol. The Bertz CT molecular complexity index is 1220. The molecule has 3 aliphatic carbocycles. The van der Waals surface area contributed by atoms with E-state index in [0.29, 0.717) is 0 Å². The van der Waals surface area contributed by atoms with Crippen molar-refractivity contribution >= 4 is 0 Å². The molecule has 0 amide bonds.